The molecule has 4 rings (SSSR count). The van der Waals surface area contributed by atoms with E-state index in [1.165, 1.54) is 0 Å². The van der Waals surface area contributed by atoms with Crippen LogP contribution in [0.4, 0.5) is 11.5 Å². The molecule has 1 amide bonds. The van der Waals surface area contributed by atoms with Crippen LogP contribution in [0.25, 0.3) is 0 Å². The number of nitrogens with zero attached hydrogens (tertiary/aromatic N) is 6. The van der Waals surface area contributed by atoms with Crippen LogP contribution in [-0.4, -0.2) is 85.1 Å². The Hall–Kier alpha value is -2.67. The molecule has 2 aliphatic rings. The number of pyridine rings is 2. The van der Waals surface area contributed by atoms with E-state index in [0.717, 1.165) is 63.9 Å². The Morgan fingerprint density at radius 2 is 1.67 bits per heavy atom. The molecular weight excluding hydrogens is 340 g/mol. The number of carbonyl (C=O) groups is 1. The van der Waals surface area contributed by atoms with Gasteiger partial charge in [-0.3, -0.25) is 9.78 Å². The molecule has 2 saturated heterocycles. The third kappa shape index (κ3) is 4.03. The third-order valence-electron chi connectivity index (χ3n) is 5.38. The van der Waals surface area contributed by atoms with Crippen LogP contribution in [0, 0.1) is 0 Å². The lowest BCUT2D eigenvalue weighted by Crippen LogP contribution is -2.47. The molecule has 0 aliphatic carbocycles. The van der Waals surface area contributed by atoms with Crippen molar-refractivity contribution in [3.8, 4) is 0 Å². The summed E-state index contributed by atoms with van der Waals surface area (Å²) < 4.78 is 0. The number of anilines is 2. The molecule has 0 aromatic carbocycles. The molecule has 0 bridgehead atoms. The van der Waals surface area contributed by atoms with Crippen LogP contribution in [-0.2, 0) is 0 Å². The van der Waals surface area contributed by atoms with Crippen molar-refractivity contribution in [3.63, 3.8) is 0 Å². The maximum absolute atomic E-state index is 12.8. The fourth-order valence-corrected chi connectivity index (χ4v) is 3.64. The summed E-state index contributed by atoms with van der Waals surface area (Å²) in [5, 5.41) is 0. The molecule has 0 saturated carbocycles. The van der Waals surface area contributed by atoms with Gasteiger partial charge in [-0.1, -0.05) is 6.07 Å². The summed E-state index contributed by atoms with van der Waals surface area (Å²) >= 11 is 0. The van der Waals surface area contributed by atoms with E-state index < -0.39 is 0 Å². The minimum Gasteiger partial charge on any atom is -0.367 e. The number of piperazine rings is 2. The zero-order valence-corrected chi connectivity index (χ0v) is 15.8. The molecule has 0 radical (unpaired) electrons. The van der Waals surface area contributed by atoms with Gasteiger partial charge in [-0.25, -0.2) is 4.98 Å². The maximum Gasteiger partial charge on any atom is 0.255 e. The van der Waals surface area contributed by atoms with E-state index in [0.29, 0.717) is 5.56 Å². The van der Waals surface area contributed by atoms with Gasteiger partial charge in [0.05, 0.1) is 17.4 Å². The molecule has 7 heteroatoms. The van der Waals surface area contributed by atoms with E-state index in [2.05, 4.69) is 31.7 Å². The summed E-state index contributed by atoms with van der Waals surface area (Å²) in [7, 11) is 2.09. The lowest BCUT2D eigenvalue weighted by atomic mass is 10.2. The molecule has 2 aliphatic heterocycles. The molecule has 2 fully saturated rings. The van der Waals surface area contributed by atoms with Crippen LogP contribution in [0.1, 0.15) is 10.4 Å². The number of carbonyl (C=O) groups excluding carboxylic acids is 1. The first kappa shape index (κ1) is 17.7. The second-order valence-corrected chi connectivity index (χ2v) is 7.19. The zero-order chi connectivity index (χ0) is 18.6. The van der Waals surface area contributed by atoms with Gasteiger partial charge in [0, 0.05) is 64.8 Å². The normalized spacial score (nSPS) is 18.6. The van der Waals surface area contributed by atoms with Crippen molar-refractivity contribution in [2.24, 2.45) is 0 Å². The lowest BCUT2D eigenvalue weighted by Gasteiger charge is -2.36. The highest BCUT2D eigenvalue weighted by molar-refractivity contribution is 5.94. The topological polar surface area (TPSA) is 55.8 Å². The van der Waals surface area contributed by atoms with Gasteiger partial charge in [-0.2, -0.15) is 0 Å². The predicted molar refractivity (Wildman–Crippen MR) is 106 cm³/mol. The molecule has 4 heterocycles. The van der Waals surface area contributed by atoms with Gasteiger partial charge in [-0.05, 0) is 25.2 Å². The minimum atomic E-state index is 0.0876. The number of aromatic nitrogens is 2. The van der Waals surface area contributed by atoms with Crippen molar-refractivity contribution in [3.05, 3.63) is 48.4 Å². The second kappa shape index (κ2) is 7.92. The van der Waals surface area contributed by atoms with Gasteiger partial charge in [-0.15, -0.1) is 0 Å². The SMILES string of the molecule is CN1CCN(C(=O)c2cncc(N3CCN(c4ccccn4)CC3)c2)CC1. The van der Waals surface area contributed by atoms with Crippen LogP contribution in [0.15, 0.2) is 42.9 Å². The Bertz CT molecular complexity index is 767. The van der Waals surface area contributed by atoms with Crippen molar-refractivity contribution in [2.75, 3.05) is 69.2 Å². The molecule has 0 unspecified atom stereocenters. The highest BCUT2D eigenvalue weighted by Gasteiger charge is 2.23. The van der Waals surface area contributed by atoms with E-state index in [9.17, 15) is 4.79 Å². The van der Waals surface area contributed by atoms with Gasteiger partial charge >= 0.3 is 0 Å². The molecule has 0 atom stereocenters. The van der Waals surface area contributed by atoms with E-state index in [-0.39, 0.29) is 5.91 Å². The van der Waals surface area contributed by atoms with E-state index in [1.54, 1.807) is 6.20 Å². The van der Waals surface area contributed by atoms with E-state index in [1.807, 2.05) is 41.6 Å². The number of hydrogen-bond acceptors (Lipinski definition) is 6. The van der Waals surface area contributed by atoms with Gasteiger partial charge in [0.1, 0.15) is 5.82 Å². The van der Waals surface area contributed by atoms with E-state index >= 15 is 0 Å². The molecule has 2 aromatic rings. The summed E-state index contributed by atoms with van der Waals surface area (Å²) in [6.45, 7) is 7.02. The van der Waals surface area contributed by atoms with Crippen molar-refractivity contribution >= 4 is 17.4 Å². The van der Waals surface area contributed by atoms with Gasteiger partial charge in [0.25, 0.3) is 5.91 Å². The summed E-state index contributed by atoms with van der Waals surface area (Å²) in [5.41, 5.74) is 1.71. The second-order valence-electron chi connectivity index (χ2n) is 7.19. The minimum absolute atomic E-state index is 0.0876. The third-order valence-corrected chi connectivity index (χ3v) is 5.38. The van der Waals surface area contributed by atoms with E-state index in [4.69, 9.17) is 0 Å². The Morgan fingerprint density at radius 1 is 0.926 bits per heavy atom. The summed E-state index contributed by atoms with van der Waals surface area (Å²) in [6.07, 6.45) is 5.38. The first-order valence-electron chi connectivity index (χ1n) is 9.54. The molecule has 142 valence electrons. The average Bonchev–Trinajstić information content (AvgIpc) is 2.75. The Morgan fingerprint density at radius 3 is 2.37 bits per heavy atom. The Kier molecular flexibility index (Phi) is 5.20. The zero-order valence-electron chi connectivity index (χ0n) is 15.8. The highest BCUT2D eigenvalue weighted by Crippen LogP contribution is 2.20. The van der Waals surface area contributed by atoms with Gasteiger partial charge in [0.15, 0.2) is 0 Å². The highest BCUT2D eigenvalue weighted by atomic mass is 16.2. The Labute approximate surface area is 160 Å². The predicted octanol–water partition coefficient (Wildman–Crippen LogP) is 1.19. The number of amides is 1. The fraction of sp³-hybridized carbons (Fsp3) is 0.450. The van der Waals surface area contributed by atoms with Crippen LogP contribution >= 0.6 is 0 Å². The van der Waals surface area contributed by atoms with Crippen molar-refractivity contribution in [2.45, 2.75) is 0 Å². The molecule has 2 aromatic heterocycles. The summed E-state index contributed by atoms with van der Waals surface area (Å²) in [4.78, 5) is 30.4. The van der Waals surface area contributed by atoms with Crippen molar-refractivity contribution in [1.29, 1.82) is 0 Å². The average molecular weight is 366 g/mol. The van der Waals surface area contributed by atoms with Gasteiger partial charge in [0.2, 0.25) is 0 Å². The smallest absolute Gasteiger partial charge is 0.255 e. The fourth-order valence-electron chi connectivity index (χ4n) is 3.64. The Balaban J connectivity index is 1.40. The van der Waals surface area contributed by atoms with Gasteiger partial charge < -0.3 is 19.6 Å². The lowest BCUT2D eigenvalue weighted by molar-refractivity contribution is 0.0663. The first-order chi connectivity index (χ1) is 13.2. The molecule has 27 heavy (non-hydrogen) atoms. The van der Waals surface area contributed by atoms with Crippen LogP contribution < -0.4 is 9.80 Å². The van der Waals surface area contributed by atoms with Crippen LogP contribution in [0.2, 0.25) is 0 Å². The maximum atomic E-state index is 12.8. The quantitative estimate of drug-likeness (QED) is 0.813. The summed E-state index contributed by atoms with van der Waals surface area (Å²) in [5.74, 6) is 1.11. The van der Waals surface area contributed by atoms with Crippen LogP contribution in [0.5, 0.6) is 0 Å². The monoisotopic (exact) mass is 366 g/mol. The molecular formula is C20H26N6O. The first-order valence-corrected chi connectivity index (χ1v) is 9.54. The number of rotatable bonds is 3. The van der Waals surface area contributed by atoms with Crippen molar-refractivity contribution < 1.29 is 4.79 Å². The number of likely N-dealkylation sites (N-methyl/N-ethyl adjacent to an activating group) is 1. The molecule has 0 spiro atoms. The van der Waals surface area contributed by atoms with Crippen LogP contribution in [0.3, 0.4) is 0 Å². The van der Waals surface area contributed by atoms with Crippen molar-refractivity contribution in [1.82, 2.24) is 19.8 Å². The summed E-state index contributed by atoms with van der Waals surface area (Å²) in [6, 6.07) is 8.00. The molecule has 0 N–H and O–H groups in total. The molecule has 7 nitrogen and oxygen atoms in total. The standard InChI is InChI=1S/C20H26N6O/c1-23-6-8-26(9-7-23)20(27)17-14-18(16-21-15-17)24-10-12-25(13-11-24)19-4-2-3-5-22-19/h2-5,14-16H,6-13H2,1H3. The largest absolute Gasteiger partial charge is 0.367 e. The number of hydrogen-bond donors (Lipinski definition) is 0.